The van der Waals surface area contributed by atoms with Crippen molar-refractivity contribution in [1.29, 1.82) is 0 Å². The van der Waals surface area contributed by atoms with Gasteiger partial charge in [-0.05, 0) is 30.7 Å². The summed E-state index contributed by atoms with van der Waals surface area (Å²) in [5.74, 6) is 0. The molecule has 8 nitrogen and oxygen atoms in total. The molecule has 0 amide bonds. The zero-order valence-electron chi connectivity index (χ0n) is 14.3. The molecular weight excluding hydrogens is 356 g/mol. The van der Waals surface area contributed by atoms with Gasteiger partial charge in [0.25, 0.3) is 5.69 Å². The zero-order chi connectivity index (χ0) is 18.9. The van der Waals surface area contributed by atoms with Crippen LogP contribution in [0.5, 0.6) is 0 Å². The van der Waals surface area contributed by atoms with Crippen LogP contribution in [-0.4, -0.2) is 39.5 Å². The van der Waals surface area contributed by atoms with Gasteiger partial charge in [0.05, 0.1) is 10.6 Å². The second kappa shape index (κ2) is 6.93. The highest BCUT2D eigenvalue weighted by Gasteiger charge is 2.23. The molecule has 0 spiro atoms. The Morgan fingerprint density at radius 1 is 1.00 bits per heavy atom. The smallest absolute Gasteiger partial charge is 0.269 e. The molecule has 0 bridgehead atoms. The third kappa shape index (κ3) is 3.63. The molecule has 0 radical (unpaired) electrons. The number of hydrogen-bond acceptors (Lipinski definition) is 6. The molecule has 138 valence electrons. The number of nitrogens with zero attached hydrogens (tertiary/aromatic N) is 3. The Morgan fingerprint density at radius 2 is 1.58 bits per heavy atom. The van der Waals surface area contributed by atoms with Crippen molar-refractivity contribution in [3.05, 3.63) is 58.1 Å². The number of sulfonamides is 1. The van der Waals surface area contributed by atoms with Crippen molar-refractivity contribution in [2.75, 3.05) is 36.0 Å². The van der Waals surface area contributed by atoms with Crippen molar-refractivity contribution < 1.29 is 13.3 Å². The van der Waals surface area contributed by atoms with Crippen LogP contribution in [0.15, 0.2) is 47.4 Å². The molecule has 9 heteroatoms. The normalized spacial score (nSPS) is 15.2. The highest BCUT2D eigenvalue weighted by molar-refractivity contribution is 7.89. The van der Waals surface area contributed by atoms with E-state index in [9.17, 15) is 18.5 Å². The minimum absolute atomic E-state index is 0.0759. The lowest BCUT2D eigenvalue weighted by Gasteiger charge is -2.38. The van der Waals surface area contributed by atoms with Crippen molar-refractivity contribution >= 4 is 27.1 Å². The Hall–Kier alpha value is -2.65. The first-order valence-corrected chi connectivity index (χ1v) is 9.69. The summed E-state index contributed by atoms with van der Waals surface area (Å²) in [6.45, 7) is 4.46. The molecule has 0 saturated carbocycles. The number of primary sulfonamides is 1. The first kappa shape index (κ1) is 18.2. The molecule has 26 heavy (non-hydrogen) atoms. The molecule has 0 aliphatic carbocycles. The summed E-state index contributed by atoms with van der Waals surface area (Å²) in [6.07, 6.45) is 0. The molecule has 2 aromatic rings. The number of aryl methyl sites for hydroxylation is 1. The third-order valence-corrected chi connectivity index (χ3v) is 5.48. The van der Waals surface area contributed by atoms with Gasteiger partial charge >= 0.3 is 0 Å². The molecule has 1 aliphatic heterocycles. The topological polar surface area (TPSA) is 110 Å². The molecule has 1 saturated heterocycles. The summed E-state index contributed by atoms with van der Waals surface area (Å²) in [7, 11) is -3.79. The maximum absolute atomic E-state index is 11.8. The third-order valence-electron chi connectivity index (χ3n) is 4.52. The van der Waals surface area contributed by atoms with Gasteiger partial charge in [-0.3, -0.25) is 10.1 Å². The number of hydrogen-bond donors (Lipinski definition) is 1. The fraction of sp³-hybridized carbons (Fsp3) is 0.294. The molecule has 2 N–H and O–H groups in total. The minimum Gasteiger partial charge on any atom is -0.368 e. The first-order valence-electron chi connectivity index (χ1n) is 8.14. The summed E-state index contributed by atoms with van der Waals surface area (Å²) in [5.41, 5.74) is 2.48. The number of non-ortho nitro benzene ring substituents is 1. The SMILES string of the molecule is Cc1cc([N+](=O)[O-])ccc1N1CCN(c2ccccc2S(N)(=O)=O)CC1. The Labute approximate surface area is 152 Å². The lowest BCUT2D eigenvalue weighted by atomic mass is 10.1. The molecule has 3 rings (SSSR count). The molecule has 0 aromatic heterocycles. The van der Waals surface area contributed by atoms with E-state index in [0.717, 1.165) is 11.3 Å². The van der Waals surface area contributed by atoms with Gasteiger partial charge in [-0.15, -0.1) is 0 Å². The molecule has 0 unspecified atom stereocenters. The van der Waals surface area contributed by atoms with Crippen LogP contribution in [0.3, 0.4) is 0 Å². The molecule has 1 fully saturated rings. The van der Waals surface area contributed by atoms with Crippen molar-refractivity contribution in [2.24, 2.45) is 5.14 Å². The van der Waals surface area contributed by atoms with Crippen molar-refractivity contribution in [1.82, 2.24) is 0 Å². The van der Waals surface area contributed by atoms with Crippen molar-refractivity contribution in [3.8, 4) is 0 Å². The zero-order valence-corrected chi connectivity index (χ0v) is 15.1. The van der Waals surface area contributed by atoms with E-state index in [1.165, 1.54) is 12.1 Å². The van der Waals surface area contributed by atoms with E-state index in [-0.39, 0.29) is 10.6 Å². The maximum atomic E-state index is 11.8. The van der Waals surface area contributed by atoms with Crippen LogP contribution in [0, 0.1) is 17.0 Å². The molecule has 1 heterocycles. The van der Waals surface area contributed by atoms with Crippen LogP contribution in [0.25, 0.3) is 0 Å². The first-order chi connectivity index (χ1) is 12.3. The van der Waals surface area contributed by atoms with Gasteiger partial charge in [0.2, 0.25) is 10.0 Å². The number of nitro groups is 1. The van der Waals surface area contributed by atoms with Crippen LogP contribution in [0.4, 0.5) is 17.1 Å². The number of nitro benzene ring substituents is 1. The lowest BCUT2D eigenvalue weighted by Crippen LogP contribution is -2.47. The monoisotopic (exact) mass is 376 g/mol. The Morgan fingerprint density at radius 3 is 2.12 bits per heavy atom. The quantitative estimate of drug-likeness (QED) is 0.644. The summed E-state index contributed by atoms with van der Waals surface area (Å²) >= 11 is 0. The van der Waals surface area contributed by atoms with Crippen LogP contribution in [-0.2, 0) is 10.0 Å². The second-order valence-electron chi connectivity index (χ2n) is 6.21. The van der Waals surface area contributed by atoms with Crippen LogP contribution in [0.1, 0.15) is 5.56 Å². The predicted octanol–water partition coefficient (Wildman–Crippen LogP) is 1.88. The number of nitrogens with two attached hydrogens (primary N) is 1. The fourth-order valence-electron chi connectivity index (χ4n) is 3.26. The maximum Gasteiger partial charge on any atom is 0.269 e. The Kier molecular flexibility index (Phi) is 4.84. The molecule has 2 aromatic carbocycles. The number of anilines is 2. The minimum atomic E-state index is -3.79. The summed E-state index contributed by atoms with van der Waals surface area (Å²) < 4.78 is 23.6. The number of piperazine rings is 1. The standard InChI is InChI=1S/C17H20N4O4S/c1-13-12-14(21(22)23)6-7-15(13)19-8-10-20(11-9-19)16-4-2-3-5-17(16)26(18,24)25/h2-7,12H,8-11H2,1H3,(H2,18,24,25). The highest BCUT2D eigenvalue weighted by Crippen LogP contribution is 2.29. The van der Waals surface area contributed by atoms with E-state index in [1.807, 2.05) is 11.8 Å². The van der Waals surface area contributed by atoms with Gasteiger partial charge in [-0.25, -0.2) is 13.6 Å². The van der Waals surface area contributed by atoms with E-state index in [2.05, 4.69) is 4.90 Å². The van der Waals surface area contributed by atoms with Gasteiger partial charge in [0.1, 0.15) is 4.90 Å². The molecule has 0 atom stereocenters. The number of rotatable bonds is 4. The average Bonchev–Trinajstić information content (AvgIpc) is 2.61. The molecule has 1 aliphatic rings. The largest absolute Gasteiger partial charge is 0.368 e. The lowest BCUT2D eigenvalue weighted by molar-refractivity contribution is -0.384. The van der Waals surface area contributed by atoms with Crippen LogP contribution in [0.2, 0.25) is 0 Å². The van der Waals surface area contributed by atoms with Gasteiger partial charge in [0, 0.05) is 44.0 Å². The van der Waals surface area contributed by atoms with E-state index in [1.54, 1.807) is 30.3 Å². The summed E-state index contributed by atoms with van der Waals surface area (Å²) in [4.78, 5) is 14.7. The van der Waals surface area contributed by atoms with E-state index in [4.69, 9.17) is 5.14 Å². The summed E-state index contributed by atoms with van der Waals surface area (Å²) in [5, 5.41) is 16.2. The average molecular weight is 376 g/mol. The number of benzene rings is 2. The number of para-hydroxylation sites is 1. The van der Waals surface area contributed by atoms with Crippen molar-refractivity contribution in [2.45, 2.75) is 11.8 Å². The van der Waals surface area contributed by atoms with Crippen LogP contribution < -0.4 is 14.9 Å². The highest BCUT2D eigenvalue weighted by atomic mass is 32.2. The Balaban J connectivity index is 1.78. The van der Waals surface area contributed by atoms with Gasteiger partial charge in [0.15, 0.2) is 0 Å². The van der Waals surface area contributed by atoms with Gasteiger partial charge in [-0.1, -0.05) is 12.1 Å². The van der Waals surface area contributed by atoms with E-state index < -0.39 is 14.9 Å². The Bertz CT molecular complexity index is 938. The second-order valence-corrected chi connectivity index (χ2v) is 7.74. The van der Waals surface area contributed by atoms with Gasteiger partial charge in [-0.2, -0.15) is 0 Å². The molecular formula is C17H20N4O4S. The predicted molar refractivity (Wildman–Crippen MR) is 100 cm³/mol. The van der Waals surface area contributed by atoms with Gasteiger partial charge < -0.3 is 9.80 Å². The van der Waals surface area contributed by atoms with Crippen LogP contribution >= 0.6 is 0 Å². The van der Waals surface area contributed by atoms with E-state index in [0.29, 0.717) is 31.9 Å². The van der Waals surface area contributed by atoms with Crippen molar-refractivity contribution in [3.63, 3.8) is 0 Å². The van der Waals surface area contributed by atoms with E-state index >= 15 is 0 Å². The fourth-order valence-corrected chi connectivity index (χ4v) is 4.01. The summed E-state index contributed by atoms with van der Waals surface area (Å²) in [6, 6.07) is 11.5.